The van der Waals surface area contributed by atoms with Crippen LogP contribution in [0.15, 0.2) is 72.1 Å². The van der Waals surface area contributed by atoms with Gasteiger partial charge >= 0.3 is 0 Å². The number of rotatable bonds is 6. The van der Waals surface area contributed by atoms with E-state index in [2.05, 4.69) is 13.8 Å². The molecule has 2 heterocycles. The van der Waals surface area contributed by atoms with Crippen LogP contribution in [0.5, 0.6) is 5.75 Å². The highest BCUT2D eigenvalue weighted by Gasteiger charge is 2.28. The fourth-order valence-electron chi connectivity index (χ4n) is 3.99. The smallest absolute Gasteiger partial charge is 0.265 e. The van der Waals surface area contributed by atoms with E-state index in [1.54, 1.807) is 0 Å². The van der Waals surface area contributed by atoms with Gasteiger partial charge in [-0.25, -0.2) is 4.98 Å². The Morgan fingerprint density at radius 1 is 1.11 bits per heavy atom. The molecule has 35 heavy (non-hydrogen) atoms. The Balaban J connectivity index is 1.43. The summed E-state index contributed by atoms with van der Waals surface area (Å²) in [4.78, 5) is 32.1. The average molecular weight is 503 g/mol. The van der Waals surface area contributed by atoms with E-state index in [0.717, 1.165) is 21.8 Å². The van der Waals surface area contributed by atoms with Crippen molar-refractivity contribution in [2.24, 2.45) is 0 Å². The van der Waals surface area contributed by atoms with Gasteiger partial charge in [0.1, 0.15) is 10.8 Å². The summed E-state index contributed by atoms with van der Waals surface area (Å²) < 4.78 is 5.64. The monoisotopic (exact) mass is 502 g/mol. The molecule has 0 radical (unpaired) electrons. The van der Waals surface area contributed by atoms with E-state index >= 15 is 0 Å². The lowest BCUT2D eigenvalue weighted by atomic mass is 10.00. The zero-order valence-electron chi connectivity index (χ0n) is 19.3. The molecule has 0 bridgehead atoms. The summed E-state index contributed by atoms with van der Waals surface area (Å²) in [5.74, 6) is 0.575. The minimum Gasteiger partial charge on any atom is -0.482 e. The third kappa shape index (κ3) is 4.72. The van der Waals surface area contributed by atoms with Crippen molar-refractivity contribution in [3.63, 3.8) is 0 Å². The molecule has 4 aromatic rings. The van der Waals surface area contributed by atoms with Crippen LogP contribution in [0.2, 0.25) is 5.02 Å². The molecule has 0 saturated heterocycles. The van der Waals surface area contributed by atoms with Crippen LogP contribution in [-0.2, 0) is 4.79 Å². The highest BCUT2D eigenvalue weighted by molar-refractivity contribution is 7.13. The number of carbonyl (C=O) groups is 2. The van der Waals surface area contributed by atoms with Gasteiger partial charge < -0.3 is 4.74 Å². The number of ether oxygens (including phenoxy) is 1. The van der Waals surface area contributed by atoms with Gasteiger partial charge in [-0.1, -0.05) is 67.9 Å². The maximum Gasteiger partial charge on any atom is 0.265 e. The van der Waals surface area contributed by atoms with Gasteiger partial charge in [-0.05, 0) is 35.7 Å². The molecule has 1 aliphatic heterocycles. The lowest BCUT2D eigenvalue weighted by Gasteiger charge is -2.29. The molecule has 1 aliphatic rings. The third-order valence-electron chi connectivity index (χ3n) is 6.01. The van der Waals surface area contributed by atoms with Gasteiger partial charge in [-0.3, -0.25) is 14.5 Å². The summed E-state index contributed by atoms with van der Waals surface area (Å²) in [6.45, 7) is 4.07. The Morgan fingerprint density at radius 2 is 1.89 bits per heavy atom. The SMILES string of the molecule is CC(C)c1ccc(C(=O)CN2C(=O)COc3ccc(-c4csc(-c5ccccc5Cl)n4)cc32)cc1. The lowest BCUT2D eigenvalue weighted by Crippen LogP contribution is -2.42. The Hall–Kier alpha value is -3.48. The first-order valence-electron chi connectivity index (χ1n) is 11.3. The molecule has 1 amide bonds. The maximum absolute atomic E-state index is 13.0. The van der Waals surface area contributed by atoms with Gasteiger partial charge in [0.15, 0.2) is 12.4 Å². The zero-order chi connectivity index (χ0) is 24.5. The van der Waals surface area contributed by atoms with Crippen molar-refractivity contribution in [1.29, 1.82) is 0 Å². The number of aromatic nitrogens is 1. The number of benzene rings is 3. The molecule has 0 unspecified atom stereocenters. The third-order valence-corrected chi connectivity index (χ3v) is 7.21. The molecule has 0 spiro atoms. The van der Waals surface area contributed by atoms with Gasteiger partial charge in [0.05, 0.1) is 22.9 Å². The van der Waals surface area contributed by atoms with Crippen LogP contribution >= 0.6 is 22.9 Å². The van der Waals surface area contributed by atoms with Crippen LogP contribution < -0.4 is 9.64 Å². The predicted molar refractivity (Wildman–Crippen MR) is 141 cm³/mol. The molecule has 0 aliphatic carbocycles. The lowest BCUT2D eigenvalue weighted by molar-refractivity contribution is -0.121. The molecule has 3 aromatic carbocycles. The summed E-state index contributed by atoms with van der Waals surface area (Å²) in [6, 6.07) is 20.7. The van der Waals surface area contributed by atoms with Crippen molar-refractivity contribution < 1.29 is 14.3 Å². The van der Waals surface area contributed by atoms with E-state index in [-0.39, 0.29) is 24.8 Å². The summed E-state index contributed by atoms with van der Waals surface area (Å²) in [7, 11) is 0. The van der Waals surface area contributed by atoms with Crippen molar-refractivity contribution in [3.05, 3.63) is 88.3 Å². The van der Waals surface area contributed by atoms with E-state index in [1.165, 1.54) is 21.8 Å². The van der Waals surface area contributed by atoms with E-state index in [1.807, 2.05) is 72.1 Å². The summed E-state index contributed by atoms with van der Waals surface area (Å²) >= 11 is 7.84. The first-order valence-corrected chi connectivity index (χ1v) is 12.6. The predicted octanol–water partition coefficient (Wildman–Crippen LogP) is 6.86. The van der Waals surface area contributed by atoms with Crippen LogP contribution in [0.1, 0.15) is 35.7 Å². The highest BCUT2D eigenvalue weighted by Crippen LogP contribution is 2.38. The summed E-state index contributed by atoms with van der Waals surface area (Å²) in [5, 5.41) is 3.41. The molecule has 176 valence electrons. The van der Waals surface area contributed by atoms with Gasteiger partial charge in [0.25, 0.3) is 5.91 Å². The largest absolute Gasteiger partial charge is 0.482 e. The second-order valence-electron chi connectivity index (χ2n) is 8.67. The number of anilines is 1. The van der Waals surface area contributed by atoms with Crippen molar-refractivity contribution in [3.8, 4) is 27.6 Å². The first-order chi connectivity index (χ1) is 16.9. The van der Waals surface area contributed by atoms with Crippen molar-refractivity contribution in [2.45, 2.75) is 19.8 Å². The van der Waals surface area contributed by atoms with Gasteiger partial charge in [-0.15, -0.1) is 11.3 Å². The normalized spacial score (nSPS) is 13.0. The number of hydrogen-bond donors (Lipinski definition) is 0. The number of amides is 1. The first kappa shape index (κ1) is 23.3. The van der Waals surface area contributed by atoms with Crippen LogP contribution in [0.3, 0.4) is 0 Å². The number of ketones is 1. The van der Waals surface area contributed by atoms with E-state index in [9.17, 15) is 9.59 Å². The van der Waals surface area contributed by atoms with Crippen LogP contribution in [0.25, 0.3) is 21.8 Å². The molecular weight excluding hydrogens is 480 g/mol. The number of hydrogen-bond acceptors (Lipinski definition) is 5. The Morgan fingerprint density at radius 3 is 2.63 bits per heavy atom. The number of carbonyl (C=O) groups excluding carboxylic acids is 2. The fourth-order valence-corrected chi connectivity index (χ4v) is 5.14. The van der Waals surface area contributed by atoms with Gasteiger partial charge in [0, 0.05) is 22.1 Å². The fraction of sp³-hybridized carbons (Fsp3) is 0.179. The number of Topliss-reactive ketones (excluding diaryl/α,β-unsaturated/α-hetero) is 1. The molecule has 1 aromatic heterocycles. The molecule has 5 nitrogen and oxygen atoms in total. The number of fused-ring (bicyclic) bond motifs is 1. The quantitative estimate of drug-likeness (QED) is 0.270. The molecule has 7 heteroatoms. The maximum atomic E-state index is 13.0. The summed E-state index contributed by atoms with van der Waals surface area (Å²) in [6.07, 6.45) is 0. The Kier molecular flexibility index (Phi) is 6.41. The zero-order valence-corrected chi connectivity index (χ0v) is 20.9. The Bertz CT molecular complexity index is 1410. The molecule has 0 fully saturated rings. The van der Waals surface area contributed by atoms with Crippen molar-refractivity contribution in [1.82, 2.24) is 4.98 Å². The number of thiazole rings is 1. The molecule has 0 N–H and O–H groups in total. The Labute approximate surface area is 213 Å². The highest BCUT2D eigenvalue weighted by atomic mass is 35.5. The molecule has 5 rings (SSSR count). The van der Waals surface area contributed by atoms with E-state index in [0.29, 0.717) is 27.9 Å². The second-order valence-corrected chi connectivity index (χ2v) is 9.93. The minimum atomic E-state index is -0.253. The topological polar surface area (TPSA) is 59.5 Å². The molecule has 0 atom stereocenters. The van der Waals surface area contributed by atoms with E-state index in [4.69, 9.17) is 21.3 Å². The average Bonchev–Trinajstić information content (AvgIpc) is 3.36. The van der Waals surface area contributed by atoms with Gasteiger partial charge in [-0.2, -0.15) is 0 Å². The van der Waals surface area contributed by atoms with Crippen molar-refractivity contribution >= 4 is 40.3 Å². The van der Waals surface area contributed by atoms with Gasteiger partial charge in [0.2, 0.25) is 0 Å². The van der Waals surface area contributed by atoms with Crippen LogP contribution in [0.4, 0.5) is 5.69 Å². The molecule has 0 saturated carbocycles. The number of halogens is 1. The number of nitrogens with zero attached hydrogens (tertiary/aromatic N) is 2. The van der Waals surface area contributed by atoms with Crippen LogP contribution in [0, 0.1) is 0 Å². The molecular formula is C28H23ClN2O3S. The standard InChI is InChI=1S/C28H23ClN2O3S/c1-17(2)18-7-9-19(10-8-18)25(32)14-31-24-13-20(11-12-26(24)34-15-27(31)33)23-16-35-28(30-23)21-5-3-4-6-22(21)29/h3-13,16-17H,14-15H2,1-2H3. The van der Waals surface area contributed by atoms with Crippen molar-refractivity contribution in [2.75, 3.05) is 18.1 Å². The van der Waals surface area contributed by atoms with E-state index < -0.39 is 0 Å². The summed E-state index contributed by atoms with van der Waals surface area (Å²) in [5.41, 5.74) is 4.78. The van der Waals surface area contributed by atoms with Crippen LogP contribution in [-0.4, -0.2) is 29.8 Å². The minimum absolute atomic E-state index is 0.0540. The second kappa shape index (κ2) is 9.64.